The highest BCUT2D eigenvalue weighted by atomic mass is 19.1. The number of nitrogens with one attached hydrogen (secondary N) is 1. The maximum Gasteiger partial charge on any atom is 0.256 e. The maximum atomic E-state index is 14.4. The van der Waals surface area contributed by atoms with Crippen LogP contribution in [0.2, 0.25) is 0 Å². The van der Waals surface area contributed by atoms with Crippen LogP contribution in [0.5, 0.6) is 11.6 Å². The number of rotatable bonds is 6. The Morgan fingerprint density at radius 2 is 2.00 bits per heavy atom. The number of pyridine rings is 1. The van der Waals surface area contributed by atoms with Crippen molar-refractivity contribution in [2.75, 3.05) is 6.54 Å². The highest BCUT2D eigenvalue weighted by Gasteiger charge is 2.12. The Balaban J connectivity index is 2.12. The Kier molecular flexibility index (Phi) is 5.28. The molecule has 2 rings (SSSR count). The first-order valence-electron chi connectivity index (χ1n) is 7.15. The van der Waals surface area contributed by atoms with E-state index >= 15 is 0 Å². The Morgan fingerprint density at radius 3 is 2.71 bits per heavy atom. The molecule has 4 heteroatoms. The number of para-hydroxylation sites is 1. The molecule has 0 aliphatic rings. The fourth-order valence-electron chi connectivity index (χ4n) is 1.94. The lowest BCUT2D eigenvalue weighted by Gasteiger charge is -2.11. The molecule has 1 heterocycles. The zero-order valence-corrected chi connectivity index (χ0v) is 12.7. The van der Waals surface area contributed by atoms with Gasteiger partial charge in [-0.05, 0) is 37.1 Å². The first-order chi connectivity index (χ1) is 10.1. The van der Waals surface area contributed by atoms with Crippen molar-refractivity contribution < 1.29 is 9.13 Å². The van der Waals surface area contributed by atoms with Crippen molar-refractivity contribution in [3.63, 3.8) is 0 Å². The number of nitrogens with zero attached hydrogens (tertiary/aromatic N) is 1. The van der Waals surface area contributed by atoms with E-state index < -0.39 is 5.82 Å². The Labute approximate surface area is 125 Å². The van der Waals surface area contributed by atoms with Crippen LogP contribution in [0.25, 0.3) is 0 Å². The predicted octanol–water partition coefficient (Wildman–Crippen LogP) is 4.07. The van der Waals surface area contributed by atoms with E-state index in [-0.39, 0.29) is 5.88 Å². The van der Waals surface area contributed by atoms with Crippen molar-refractivity contribution in [3.05, 3.63) is 53.5 Å². The number of aromatic nitrogens is 1. The highest BCUT2D eigenvalue weighted by Crippen LogP contribution is 2.26. The lowest BCUT2D eigenvalue weighted by molar-refractivity contribution is 0.414. The summed E-state index contributed by atoms with van der Waals surface area (Å²) in [6, 6.07) is 9.17. The number of halogens is 1. The Morgan fingerprint density at radius 1 is 1.24 bits per heavy atom. The van der Waals surface area contributed by atoms with Crippen LogP contribution in [0.3, 0.4) is 0 Å². The molecule has 0 atom stereocenters. The van der Waals surface area contributed by atoms with Crippen LogP contribution in [0.15, 0.2) is 36.5 Å². The number of benzene rings is 1. The molecular weight excluding hydrogens is 267 g/mol. The van der Waals surface area contributed by atoms with Gasteiger partial charge < -0.3 is 10.1 Å². The molecule has 0 saturated heterocycles. The van der Waals surface area contributed by atoms with Gasteiger partial charge in [-0.2, -0.15) is 0 Å². The van der Waals surface area contributed by atoms with Crippen LogP contribution in [0, 0.1) is 18.7 Å². The third-order valence-corrected chi connectivity index (χ3v) is 3.11. The zero-order valence-electron chi connectivity index (χ0n) is 12.7. The molecule has 1 aromatic carbocycles. The summed E-state index contributed by atoms with van der Waals surface area (Å²) in [5, 5.41) is 3.22. The van der Waals surface area contributed by atoms with Gasteiger partial charge in [-0.15, -0.1) is 0 Å². The maximum absolute atomic E-state index is 14.4. The zero-order chi connectivity index (χ0) is 15.2. The predicted molar refractivity (Wildman–Crippen MR) is 82.0 cm³/mol. The van der Waals surface area contributed by atoms with Gasteiger partial charge in [-0.3, -0.25) is 0 Å². The van der Waals surface area contributed by atoms with Gasteiger partial charge in [0.1, 0.15) is 5.75 Å². The van der Waals surface area contributed by atoms with Gasteiger partial charge in [-0.1, -0.05) is 32.0 Å². The van der Waals surface area contributed by atoms with Crippen LogP contribution in [0.4, 0.5) is 4.39 Å². The van der Waals surface area contributed by atoms with Crippen molar-refractivity contribution in [1.29, 1.82) is 0 Å². The number of ether oxygens (including phenoxy) is 1. The number of hydrogen-bond acceptors (Lipinski definition) is 3. The summed E-state index contributed by atoms with van der Waals surface area (Å²) < 4.78 is 20.0. The first kappa shape index (κ1) is 15.4. The van der Waals surface area contributed by atoms with E-state index in [0.29, 0.717) is 23.8 Å². The van der Waals surface area contributed by atoms with Gasteiger partial charge in [-0.25, -0.2) is 9.37 Å². The Hall–Kier alpha value is -1.94. The summed E-state index contributed by atoms with van der Waals surface area (Å²) in [7, 11) is 0. The van der Waals surface area contributed by atoms with E-state index in [4.69, 9.17) is 4.74 Å². The summed E-state index contributed by atoms with van der Waals surface area (Å²) in [5.41, 5.74) is 1.51. The lowest BCUT2D eigenvalue weighted by Crippen LogP contribution is -2.19. The standard InChI is InChI=1S/C17H21FN2O/c1-12(2)10-19-11-14-8-9-20-17(16(14)18)21-15-7-5-4-6-13(15)3/h4-9,12,19H,10-11H2,1-3H3. The van der Waals surface area contributed by atoms with Gasteiger partial charge in [0, 0.05) is 18.3 Å². The fourth-order valence-corrected chi connectivity index (χ4v) is 1.94. The second-order valence-corrected chi connectivity index (χ2v) is 5.48. The van der Waals surface area contributed by atoms with E-state index in [9.17, 15) is 4.39 Å². The summed E-state index contributed by atoms with van der Waals surface area (Å²) in [6.07, 6.45) is 1.57. The normalized spacial score (nSPS) is 10.9. The fraction of sp³-hybridized carbons (Fsp3) is 0.353. The molecule has 0 saturated carbocycles. The van der Waals surface area contributed by atoms with E-state index in [0.717, 1.165) is 12.1 Å². The van der Waals surface area contributed by atoms with Gasteiger partial charge in [0.2, 0.25) is 0 Å². The molecule has 1 N–H and O–H groups in total. The molecule has 0 aliphatic carbocycles. The van der Waals surface area contributed by atoms with Crippen molar-refractivity contribution in [1.82, 2.24) is 10.3 Å². The molecule has 112 valence electrons. The van der Waals surface area contributed by atoms with Gasteiger partial charge in [0.25, 0.3) is 5.88 Å². The third-order valence-electron chi connectivity index (χ3n) is 3.11. The Bertz CT molecular complexity index is 599. The van der Waals surface area contributed by atoms with Crippen molar-refractivity contribution >= 4 is 0 Å². The SMILES string of the molecule is Cc1ccccc1Oc1nccc(CNCC(C)C)c1F. The van der Waals surface area contributed by atoms with Crippen LogP contribution >= 0.6 is 0 Å². The molecule has 2 aromatic rings. The minimum absolute atomic E-state index is 0.0214. The molecule has 0 unspecified atom stereocenters. The average Bonchev–Trinajstić information content (AvgIpc) is 2.45. The molecule has 0 radical (unpaired) electrons. The van der Waals surface area contributed by atoms with Crippen molar-refractivity contribution in [3.8, 4) is 11.6 Å². The van der Waals surface area contributed by atoms with Crippen molar-refractivity contribution in [2.45, 2.75) is 27.3 Å². The largest absolute Gasteiger partial charge is 0.436 e. The molecule has 21 heavy (non-hydrogen) atoms. The molecule has 0 aliphatic heterocycles. The van der Waals surface area contributed by atoms with E-state index in [1.165, 1.54) is 0 Å². The quantitative estimate of drug-likeness (QED) is 0.870. The molecule has 0 spiro atoms. The van der Waals surface area contributed by atoms with Gasteiger partial charge >= 0.3 is 0 Å². The van der Waals surface area contributed by atoms with Gasteiger partial charge in [0.15, 0.2) is 5.82 Å². The topological polar surface area (TPSA) is 34.1 Å². The lowest BCUT2D eigenvalue weighted by atomic mass is 10.2. The van der Waals surface area contributed by atoms with Crippen LogP contribution in [-0.4, -0.2) is 11.5 Å². The van der Waals surface area contributed by atoms with E-state index in [1.807, 2.05) is 25.1 Å². The van der Waals surface area contributed by atoms with Crippen LogP contribution < -0.4 is 10.1 Å². The minimum atomic E-state index is -0.406. The van der Waals surface area contributed by atoms with E-state index in [1.54, 1.807) is 18.3 Å². The minimum Gasteiger partial charge on any atom is -0.436 e. The van der Waals surface area contributed by atoms with Gasteiger partial charge in [0.05, 0.1) is 0 Å². The molecule has 0 bridgehead atoms. The average molecular weight is 288 g/mol. The molecule has 3 nitrogen and oxygen atoms in total. The first-order valence-corrected chi connectivity index (χ1v) is 7.15. The van der Waals surface area contributed by atoms with Crippen LogP contribution in [0.1, 0.15) is 25.0 Å². The second-order valence-electron chi connectivity index (χ2n) is 5.48. The van der Waals surface area contributed by atoms with Crippen molar-refractivity contribution in [2.24, 2.45) is 5.92 Å². The summed E-state index contributed by atoms with van der Waals surface area (Å²) in [4.78, 5) is 3.99. The smallest absolute Gasteiger partial charge is 0.256 e. The highest BCUT2D eigenvalue weighted by molar-refractivity contribution is 5.36. The number of aryl methyl sites for hydroxylation is 1. The molecule has 1 aromatic heterocycles. The monoisotopic (exact) mass is 288 g/mol. The number of hydrogen-bond donors (Lipinski definition) is 1. The molecule has 0 amide bonds. The summed E-state index contributed by atoms with van der Waals surface area (Å²) in [6.45, 7) is 7.46. The summed E-state index contributed by atoms with van der Waals surface area (Å²) >= 11 is 0. The second kappa shape index (κ2) is 7.18. The van der Waals surface area contributed by atoms with E-state index in [2.05, 4.69) is 24.1 Å². The molecular formula is C17H21FN2O. The molecule has 0 fully saturated rings. The van der Waals surface area contributed by atoms with Crippen LogP contribution in [-0.2, 0) is 6.54 Å². The third kappa shape index (κ3) is 4.26. The summed E-state index contributed by atoms with van der Waals surface area (Å²) in [5.74, 6) is 0.763.